The number of quaternary nitrogens is 5. The zero-order valence-electron chi connectivity index (χ0n) is 49.2. The van der Waals surface area contributed by atoms with Crippen molar-refractivity contribution in [2.24, 2.45) is 5.92 Å². The zero-order valence-corrected chi connectivity index (χ0v) is 49.2. The van der Waals surface area contributed by atoms with Gasteiger partial charge in [-0.25, -0.2) is 0 Å². The highest BCUT2D eigenvalue weighted by Crippen LogP contribution is 2.12. The van der Waals surface area contributed by atoms with E-state index in [1.165, 1.54) is 13.8 Å². The first-order valence-electron chi connectivity index (χ1n) is 29.1. The Morgan fingerprint density at radius 2 is 1.06 bits per heavy atom. The highest BCUT2D eigenvalue weighted by molar-refractivity contribution is 5.99. The molecule has 468 valence electrons. The van der Waals surface area contributed by atoms with E-state index in [9.17, 15) is 63.0 Å². The van der Waals surface area contributed by atoms with E-state index in [1.54, 1.807) is 30.3 Å². The molecule has 0 spiro atoms. The number of hydrogen-bond acceptors (Lipinski definition) is 13. The number of benzene rings is 1. The molecule has 29 heteroatoms. The van der Waals surface area contributed by atoms with Crippen molar-refractivity contribution in [2.45, 2.75) is 191 Å². The Bertz CT molecular complexity index is 2260. The molecule has 12 atom stereocenters. The monoisotopic (exact) mass is 1180 g/mol. The molecule has 0 bridgehead atoms. The fourth-order valence-corrected chi connectivity index (χ4v) is 9.04. The van der Waals surface area contributed by atoms with Crippen LogP contribution in [0.2, 0.25) is 0 Å². The number of amides is 11. The smallest absolute Gasteiger partial charge is 0.245 e. The first-order valence-corrected chi connectivity index (χ1v) is 29.1. The molecule has 0 saturated carbocycles. The molecular weight excluding hydrogens is 1080 g/mol. The number of aliphatic hydroxyl groups is 2. The van der Waals surface area contributed by atoms with Crippen molar-refractivity contribution < 1.29 is 91.6 Å². The van der Waals surface area contributed by atoms with Crippen LogP contribution >= 0.6 is 0 Å². The molecule has 1 aromatic carbocycles. The molecule has 0 aliphatic carbocycles. The topological polar surface area (TPSA) is 499 Å². The molecule has 1 aromatic rings. The van der Waals surface area contributed by atoms with E-state index in [-0.39, 0.29) is 95.9 Å². The minimum absolute atomic E-state index is 0.0133. The van der Waals surface area contributed by atoms with Gasteiger partial charge in [-0.15, -0.1) is 0 Å². The third-order valence-electron chi connectivity index (χ3n) is 13.7. The van der Waals surface area contributed by atoms with E-state index in [0.29, 0.717) is 12.0 Å². The van der Waals surface area contributed by atoms with Crippen LogP contribution in [0.1, 0.15) is 117 Å². The largest absolute Gasteiger partial charge is 0.391 e. The van der Waals surface area contributed by atoms with Crippen LogP contribution in [0.25, 0.3) is 0 Å². The van der Waals surface area contributed by atoms with Gasteiger partial charge in [0.2, 0.25) is 65.0 Å². The van der Waals surface area contributed by atoms with Gasteiger partial charge in [0.15, 0.2) is 0 Å². The van der Waals surface area contributed by atoms with E-state index >= 15 is 0 Å². The summed E-state index contributed by atoms with van der Waals surface area (Å²) >= 11 is 0. The number of unbranched alkanes of at least 4 members (excludes halogenated alkanes) is 3. The lowest BCUT2D eigenvalue weighted by molar-refractivity contribution is -0.369. The Labute approximate surface area is 485 Å². The van der Waals surface area contributed by atoms with Crippen LogP contribution in [0.3, 0.4) is 0 Å². The fourth-order valence-electron chi connectivity index (χ4n) is 9.04. The van der Waals surface area contributed by atoms with Crippen molar-refractivity contribution in [1.29, 1.82) is 0 Å². The van der Waals surface area contributed by atoms with Crippen LogP contribution < -0.4 is 87.2 Å². The second-order valence-corrected chi connectivity index (χ2v) is 21.4. The first-order chi connectivity index (χ1) is 39.4. The van der Waals surface area contributed by atoms with E-state index in [4.69, 9.17) is 0 Å². The summed E-state index contributed by atoms with van der Waals surface area (Å²) in [7, 11) is 0. The van der Waals surface area contributed by atoms with E-state index in [1.807, 2.05) is 20.8 Å². The van der Waals surface area contributed by atoms with Gasteiger partial charge in [0.05, 0.1) is 44.9 Å². The molecular formula is C54H99N16O13+5. The average Bonchev–Trinajstić information content (AvgIpc) is 3.48. The normalized spacial score (nSPS) is 22.8. The maximum absolute atomic E-state index is 14.6. The second-order valence-electron chi connectivity index (χ2n) is 21.4. The van der Waals surface area contributed by atoms with Crippen LogP contribution in [-0.4, -0.2) is 187 Å². The summed E-state index contributed by atoms with van der Waals surface area (Å²) in [5.41, 5.74) is 19.7. The van der Waals surface area contributed by atoms with E-state index < -0.39 is 145 Å². The van der Waals surface area contributed by atoms with Crippen molar-refractivity contribution in [3.05, 3.63) is 35.9 Å². The second kappa shape index (κ2) is 38.8. The van der Waals surface area contributed by atoms with Gasteiger partial charge in [0.1, 0.15) is 60.4 Å². The van der Waals surface area contributed by atoms with Crippen molar-refractivity contribution >= 4 is 65.0 Å². The Hall–Kier alpha value is -6.89. The molecule has 0 radical (unpaired) electrons. The number of aliphatic hydroxyl groups excluding tert-OH is 2. The van der Waals surface area contributed by atoms with Gasteiger partial charge in [0, 0.05) is 51.5 Å². The molecule has 83 heavy (non-hydrogen) atoms. The Balaban J connectivity index is 2.70. The lowest BCUT2D eigenvalue weighted by Crippen LogP contribution is -2.63. The fraction of sp³-hybridized carbons (Fsp3) is 0.685. The number of carbonyl (C=O) groups excluding carboxylic acids is 11. The van der Waals surface area contributed by atoms with Crippen molar-refractivity contribution in [2.75, 3.05) is 39.3 Å². The molecule has 0 aromatic heterocycles. The molecule has 1 aliphatic heterocycles. The molecule has 0 unspecified atom stereocenters. The highest BCUT2D eigenvalue weighted by Gasteiger charge is 2.38. The predicted octanol–water partition coefficient (Wildman–Crippen LogP) is -9.46. The maximum Gasteiger partial charge on any atom is 0.245 e. The van der Waals surface area contributed by atoms with Gasteiger partial charge in [-0.05, 0) is 44.6 Å². The van der Waals surface area contributed by atoms with Gasteiger partial charge < -0.3 is 97.4 Å². The van der Waals surface area contributed by atoms with Gasteiger partial charge in [-0.1, -0.05) is 70.4 Å². The van der Waals surface area contributed by atoms with Gasteiger partial charge >= 0.3 is 0 Å². The first kappa shape index (κ1) is 72.2. The molecule has 11 amide bonds. The summed E-state index contributed by atoms with van der Waals surface area (Å²) in [6.07, 6.45) is -0.115. The standard InChI is InChI=1S/C54H94N16O13/c1-6-7-8-12-15-42(73)61-34(16-22-55)49(78)70-44(32(5)72)54(83)66-37(19-25-58)46(75)65-39-21-27-60-53(82)43(31(4)71)69-50(79)38(20-26-59)63-45(74)35(17-23-56)64-51(80)40(28-30(2)3)67-52(81)41(29-33-13-10-9-11-14-33)68-47(76)36(18-24-57)62-48(39)77/h9-11,13-14,30-32,34-41,43-44,71-72H,6-8,12,15-29,55-59H2,1-5H3,(H,60,82)(H,61,73)(H,62,77)(H,63,74)(H,64,80)(H,65,75)(H,66,83)(H,67,81)(H,68,76)(H,69,79)(H,70,78)/p+5/t31-,32-,34+,35+,36+,37+,38+,39+,40+,41-,43+,44+/m1/s1. The van der Waals surface area contributed by atoms with Crippen LogP contribution in [0.15, 0.2) is 30.3 Å². The lowest BCUT2D eigenvalue weighted by Gasteiger charge is -2.28. The summed E-state index contributed by atoms with van der Waals surface area (Å²) in [6, 6.07) is -5.41. The van der Waals surface area contributed by atoms with E-state index in [0.717, 1.165) is 19.3 Å². The third kappa shape index (κ3) is 26.1. The number of nitrogens with one attached hydrogen (secondary N) is 11. The molecule has 1 saturated heterocycles. The van der Waals surface area contributed by atoms with Gasteiger partial charge in [0.25, 0.3) is 0 Å². The minimum Gasteiger partial charge on any atom is -0.391 e. The van der Waals surface area contributed by atoms with Crippen molar-refractivity contribution in [1.82, 2.24) is 58.5 Å². The molecule has 1 heterocycles. The minimum atomic E-state index is -1.64. The summed E-state index contributed by atoms with van der Waals surface area (Å²) in [5, 5.41) is 50.3. The number of carbonyl (C=O) groups is 11. The predicted molar refractivity (Wildman–Crippen MR) is 301 cm³/mol. The summed E-state index contributed by atoms with van der Waals surface area (Å²) in [4.78, 5) is 154. The summed E-state index contributed by atoms with van der Waals surface area (Å²) < 4.78 is 0. The molecule has 2 rings (SSSR count). The Morgan fingerprint density at radius 3 is 1.57 bits per heavy atom. The van der Waals surface area contributed by atoms with Crippen LogP contribution in [0.4, 0.5) is 0 Å². The maximum atomic E-state index is 14.6. The molecule has 1 aliphatic rings. The van der Waals surface area contributed by atoms with Crippen LogP contribution in [0, 0.1) is 5.92 Å². The lowest BCUT2D eigenvalue weighted by atomic mass is 10.00. The van der Waals surface area contributed by atoms with Crippen molar-refractivity contribution in [3.8, 4) is 0 Å². The highest BCUT2D eigenvalue weighted by atomic mass is 16.3. The third-order valence-corrected chi connectivity index (χ3v) is 13.7. The SMILES string of the molecule is CCCCCCC(=O)N[C@@H](CC[NH3+])C(=O)N[C@H](C(=O)N[C@@H](CC[NH3+])C(=O)N[C@H]1CCNC(=O)[C@H]([C@@H](C)O)NC(=O)[C@H](CC[NH3+])NC(=O)[C@H](CC[NH3+])NC(=O)[C@H](CC(C)C)NC(=O)[C@@H](Cc2ccccc2)NC(=O)[C@H](CC[NH3+])NC1=O)[C@@H](C)O. The Kier molecular flexibility index (Phi) is 33.8. The van der Waals surface area contributed by atoms with Crippen LogP contribution in [-0.2, 0) is 59.2 Å². The van der Waals surface area contributed by atoms with Gasteiger partial charge in [-0.3, -0.25) is 52.7 Å². The molecule has 29 nitrogen and oxygen atoms in total. The van der Waals surface area contributed by atoms with E-state index in [2.05, 4.69) is 87.2 Å². The number of hydrogen-bond donors (Lipinski definition) is 18. The Morgan fingerprint density at radius 1 is 0.566 bits per heavy atom. The molecule has 1 fully saturated rings. The average molecular weight is 1180 g/mol. The number of rotatable bonds is 28. The zero-order chi connectivity index (χ0) is 62.2. The van der Waals surface area contributed by atoms with Crippen LogP contribution in [0.5, 0.6) is 0 Å². The summed E-state index contributed by atoms with van der Waals surface area (Å²) in [6.45, 7) is 8.35. The molecule has 28 N–H and O–H groups in total. The summed E-state index contributed by atoms with van der Waals surface area (Å²) in [5.74, 6) is -9.28. The quantitative estimate of drug-likeness (QED) is 0.0347. The van der Waals surface area contributed by atoms with Gasteiger partial charge in [-0.2, -0.15) is 0 Å². The van der Waals surface area contributed by atoms with Crippen molar-refractivity contribution in [3.63, 3.8) is 0 Å².